The van der Waals surface area contributed by atoms with E-state index < -0.39 is 11.3 Å². The van der Waals surface area contributed by atoms with E-state index in [4.69, 9.17) is 8.92 Å². The highest BCUT2D eigenvalue weighted by atomic mass is 32.2. The van der Waals surface area contributed by atoms with Gasteiger partial charge in [0.05, 0.1) is 6.61 Å². The lowest BCUT2D eigenvalue weighted by molar-refractivity contribution is 0.304. The Morgan fingerprint density at radius 2 is 1.30 bits per heavy atom. The molecule has 0 radical (unpaired) electrons. The van der Waals surface area contributed by atoms with Crippen molar-refractivity contribution in [3.8, 4) is 17.2 Å². The molecule has 1 atom stereocenters. The molecule has 0 amide bonds. The van der Waals surface area contributed by atoms with Crippen molar-refractivity contribution in [2.24, 2.45) is 0 Å². The lowest BCUT2D eigenvalue weighted by Crippen LogP contribution is -2.10. The number of aromatic hydroxyl groups is 1. The molecule has 0 fully saturated rings. The van der Waals surface area contributed by atoms with Gasteiger partial charge < -0.3 is 14.0 Å². The minimum Gasteiger partial charge on any atom is -0.508 e. The fourth-order valence-electron chi connectivity index (χ4n) is 3.10. The van der Waals surface area contributed by atoms with Gasteiger partial charge in [-0.2, -0.15) is 4.21 Å². The van der Waals surface area contributed by atoms with E-state index in [9.17, 15) is 9.32 Å². The van der Waals surface area contributed by atoms with Crippen LogP contribution in [-0.4, -0.2) is 15.9 Å². The van der Waals surface area contributed by atoms with Crippen molar-refractivity contribution < 1.29 is 18.2 Å². The monoisotopic (exact) mass is 433 g/mol. The maximum absolute atomic E-state index is 12.0. The van der Waals surface area contributed by atoms with Gasteiger partial charge in [-0.15, -0.1) is 0 Å². The van der Waals surface area contributed by atoms with Crippen LogP contribution in [0.1, 0.15) is 71.1 Å². The first kappa shape index (κ1) is 24.1. The van der Waals surface area contributed by atoms with E-state index in [1.165, 1.54) is 69.9 Å². The third kappa shape index (κ3) is 10.5. The third-order valence-corrected chi connectivity index (χ3v) is 5.58. The Labute approximate surface area is 183 Å². The molecular weight excluding hydrogens is 398 g/mol. The zero-order chi connectivity index (χ0) is 21.4. The fraction of sp³-hybridized carbons (Fsp3) is 0.500. The van der Waals surface area contributed by atoms with Gasteiger partial charge >= 0.3 is 11.3 Å². The Kier molecular flexibility index (Phi) is 11.8. The Morgan fingerprint density at radius 3 is 1.90 bits per heavy atom. The number of anilines is 1. The number of phenolic OH excluding ortho intramolecular Hbond substituents is 1. The fourth-order valence-corrected chi connectivity index (χ4v) is 3.76. The van der Waals surface area contributed by atoms with E-state index in [1.807, 2.05) is 12.1 Å². The van der Waals surface area contributed by atoms with Gasteiger partial charge in [0.1, 0.15) is 17.2 Å². The summed E-state index contributed by atoms with van der Waals surface area (Å²) in [4.78, 5) is 0. The van der Waals surface area contributed by atoms with Crippen molar-refractivity contribution in [2.75, 3.05) is 11.3 Å². The Bertz CT molecular complexity index is 719. The van der Waals surface area contributed by atoms with Crippen LogP contribution >= 0.6 is 0 Å². The number of benzene rings is 2. The first-order valence-corrected chi connectivity index (χ1v) is 12.1. The van der Waals surface area contributed by atoms with Gasteiger partial charge in [-0.05, 0) is 55.0 Å². The van der Waals surface area contributed by atoms with Crippen LogP contribution in [0.15, 0.2) is 48.5 Å². The highest BCUT2D eigenvalue weighted by Gasteiger charge is 2.04. The van der Waals surface area contributed by atoms with E-state index >= 15 is 0 Å². The smallest absolute Gasteiger partial charge is 0.316 e. The van der Waals surface area contributed by atoms with E-state index in [0.717, 1.165) is 12.2 Å². The summed E-state index contributed by atoms with van der Waals surface area (Å²) >= 11 is -1.72. The summed E-state index contributed by atoms with van der Waals surface area (Å²) < 4.78 is 25.9. The van der Waals surface area contributed by atoms with E-state index in [2.05, 4.69) is 11.6 Å². The molecule has 2 aromatic carbocycles. The van der Waals surface area contributed by atoms with Crippen LogP contribution in [0.4, 0.5) is 5.69 Å². The number of phenols is 1. The molecule has 0 aliphatic heterocycles. The minimum absolute atomic E-state index is 0.153. The number of nitrogens with one attached hydrogen (secondary N) is 1. The highest BCUT2D eigenvalue weighted by molar-refractivity contribution is 7.81. The van der Waals surface area contributed by atoms with Crippen LogP contribution in [0.25, 0.3) is 0 Å². The average molecular weight is 434 g/mol. The molecule has 0 aliphatic carbocycles. The molecule has 2 N–H and O–H groups in total. The molecule has 1 unspecified atom stereocenters. The summed E-state index contributed by atoms with van der Waals surface area (Å²) in [5, 5.41) is 9.26. The maximum Gasteiger partial charge on any atom is 0.316 e. The normalized spacial score (nSPS) is 11.8. The number of hydrogen-bond acceptors (Lipinski definition) is 4. The molecule has 30 heavy (non-hydrogen) atoms. The van der Waals surface area contributed by atoms with Crippen LogP contribution in [0.5, 0.6) is 17.2 Å². The topological polar surface area (TPSA) is 67.8 Å². The summed E-state index contributed by atoms with van der Waals surface area (Å²) in [7, 11) is 0. The molecule has 166 valence electrons. The van der Waals surface area contributed by atoms with Gasteiger partial charge in [-0.1, -0.05) is 64.7 Å². The van der Waals surface area contributed by atoms with Gasteiger partial charge in [0.2, 0.25) is 0 Å². The summed E-state index contributed by atoms with van der Waals surface area (Å²) in [6, 6.07) is 13.4. The summed E-state index contributed by atoms with van der Waals surface area (Å²) in [6.45, 7) is 2.97. The zero-order valence-electron chi connectivity index (χ0n) is 18.0. The molecular formula is C24H35NO4S. The molecule has 0 heterocycles. The van der Waals surface area contributed by atoms with Crippen molar-refractivity contribution in [3.63, 3.8) is 0 Å². The zero-order valence-corrected chi connectivity index (χ0v) is 18.8. The van der Waals surface area contributed by atoms with Crippen molar-refractivity contribution in [2.45, 2.75) is 71.1 Å². The van der Waals surface area contributed by atoms with Crippen LogP contribution in [0, 0.1) is 0 Å². The second-order valence-electron chi connectivity index (χ2n) is 7.47. The highest BCUT2D eigenvalue weighted by Crippen LogP contribution is 2.20. The second-order valence-corrected chi connectivity index (χ2v) is 8.31. The first-order valence-electron chi connectivity index (χ1n) is 11.1. The molecule has 0 aromatic heterocycles. The number of unbranched alkanes of at least 4 members (excludes halogenated alkanes) is 9. The Morgan fingerprint density at radius 1 is 0.767 bits per heavy atom. The van der Waals surface area contributed by atoms with Crippen LogP contribution in [0.2, 0.25) is 0 Å². The van der Waals surface area contributed by atoms with Crippen molar-refractivity contribution in [3.05, 3.63) is 48.5 Å². The Balaban J connectivity index is 1.54. The molecule has 2 rings (SSSR count). The van der Waals surface area contributed by atoms with E-state index in [0.29, 0.717) is 18.0 Å². The molecule has 0 spiro atoms. The van der Waals surface area contributed by atoms with Gasteiger partial charge in [0.25, 0.3) is 0 Å². The lowest BCUT2D eigenvalue weighted by Gasteiger charge is -2.09. The van der Waals surface area contributed by atoms with Gasteiger partial charge in [-0.25, -0.2) is 0 Å². The second kappa shape index (κ2) is 14.7. The largest absolute Gasteiger partial charge is 0.508 e. The first-order chi connectivity index (χ1) is 14.7. The SMILES string of the molecule is CCCCCCCCCCCCOc1ccc(OS(=O)Nc2ccc(O)cc2)cc1. The van der Waals surface area contributed by atoms with E-state index in [-0.39, 0.29) is 5.75 Å². The summed E-state index contributed by atoms with van der Waals surface area (Å²) in [5.41, 5.74) is 0.600. The number of rotatable bonds is 16. The predicted octanol–water partition coefficient (Wildman–Crippen LogP) is 6.76. The van der Waals surface area contributed by atoms with Crippen LogP contribution < -0.4 is 13.6 Å². The Hall–Kier alpha value is -2.21. The van der Waals surface area contributed by atoms with Gasteiger partial charge in [-0.3, -0.25) is 4.72 Å². The van der Waals surface area contributed by atoms with Crippen molar-refractivity contribution in [1.29, 1.82) is 0 Å². The predicted molar refractivity (Wildman–Crippen MR) is 124 cm³/mol. The number of ether oxygens (including phenoxy) is 1. The third-order valence-electron chi connectivity index (χ3n) is 4.83. The van der Waals surface area contributed by atoms with Crippen molar-refractivity contribution in [1.82, 2.24) is 0 Å². The van der Waals surface area contributed by atoms with Gasteiger partial charge in [0, 0.05) is 5.69 Å². The molecule has 6 heteroatoms. The summed E-state index contributed by atoms with van der Waals surface area (Å²) in [5.74, 6) is 1.43. The molecule has 0 saturated heterocycles. The minimum atomic E-state index is -1.72. The van der Waals surface area contributed by atoms with Crippen LogP contribution in [-0.2, 0) is 11.3 Å². The lowest BCUT2D eigenvalue weighted by atomic mass is 10.1. The molecule has 5 nitrogen and oxygen atoms in total. The molecule has 2 aromatic rings. The quantitative estimate of drug-likeness (QED) is 0.227. The van der Waals surface area contributed by atoms with Crippen LogP contribution in [0.3, 0.4) is 0 Å². The average Bonchev–Trinajstić information content (AvgIpc) is 2.75. The summed E-state index contributed by atoms with van der Waals surface area (Å²) in [6.07, 6.45) is 13.1. The van der Waals surface area contributed by atoms with Gasteiger partial charge in [0.15, 0.2) is 0 Å². The van der Waals surface area contributed by atoms with E-state index in [1.54, 1.807) is 24.3 Å². The molecule has 0 saturated carbocycles. The molecule has 0 aliphatic rings. The standard InChI is InChI=1S/C24H35NO4S/c1-2-3-4-5-6-7-8-9-10-11-20-28-23-16-18-24(19-17-23)29-30(27)25-21-12-14-22(26)15-13-21/h12-19,25-26H,2-11,20H2,1H3. The number of hydrogen-bond donors (Lipinski definition) is 2. The van der Waals surface area contributed by atoms with Crippen molar-refractivity contribution >= 4 is 17.0 Å². The maximum atomic E-state index is 12.0. The molecule has 0 bridgehead atoms.